The molecule has 2 atom stereocenters. The zero-order valence-electron chi connectivity index (χ0n) is 12.3. The molecule has 22 heavy (non-hydrogen) atoms. The van der Waals surface area contributed by atoms with E-state index >= 15 is 0 Å². The average molecular weight is 339 g/mol. The number of rotatable bonds is 2. The van der Waals surface area contributed by atoms with E-state index in [9.17, 15) is 0 Å². The number of benzene rings is 1. The van der Waals surface area contributed by atoms with E-state index in [1.807, 2.05) is 18.2 Å². The number of aromatic nitrogens is 2. The van der Waals surface area contributed by atoms with Crippen LogP contribution in [0.1, 0.15) is 6.42 Å². The van der Waals surface area contributed by atoms with Crippen molar-refractivity contribution in [3.8, 4) is 11.3 Å². The minimum Gasteiger partial charge on any atom is -0.350 e. The van der Waals surface area contributed by atoms with Crippen molar-refractivity contribution in [3.63, 3.8) is 0 Å². The Balaban J connectivity index is 0.000000882. The molecule has 2 bridgehead atoms. The van der Waals surface area contributed by atoms with Gasteiger partial charge in [-0.15, -0.1) is 35.0 Å². The summed E-state index contributed by atoms with van der Waals surface area (Å²) in [5, 5.41) is 8.85. The highest BCUT2D eigenvalue weighted by molar-refractivity contribution is 5.85. The summed E-state index contributed by atoms with van der Waals surface area (Å²) >= 11 is 0. The lowest BCUT2D eigenvalue weighted by Crippen LogP contribution is -2.47. The second-order valence-corrected chi connectivity index (χ2v) is 5.58. The first kappa shape index (κ1) is 17.0. The third-order valence-corrected chi connectivity index (χ3v) is 4.36. The van der Waals surface area contributed by atoms with Gasteiger partial charge in [-0.25, -0.2) is 0 Å². The fourth-order valence-electron chi connectivity index (χ4n) is 3.24. The van der Waals surface area contributed by atoms with Gasteiger partial charge in [-0.05, 0) is 18.6 Å². The van der Waals surface area contributed by atoms with Gasteiger partial charge < -0.3 is 4.90 Å². The monoisotopic (exact) mass is 338 g/mol. The van der Waals surface area contributed by atoms with Crippen LogP contribution in [0, 0.1) is 0 Å². The van der Waals surface area contributed by atoms with E-state index in [0.29, 0.717) is 6.04 Å². The van der Waals surface area contributed by atoms with Crippen LogP contribution in [0.4, 0.5) is 5.82 Å². The number of fused-ring (bicyclic) bond motifs is 2. The Hall–Kier alpha value is -1.36. The summed E-state index contributed by atoms with van der Waals surface area (Å²) in [6, 6.07) is 15.0. The maximum atomic E-state index is 4.45. The van der Waals surface area contributed by atoms with Gasteiger partial charge in [-0.3, -0.25) is 4.90 Å². The standard InChI is InChI=1S/C16H18N4.2ClH/c1-2-4-13(5-3-1)15-6-7-16(18-17-15)20-11-10-19-9-8-14(20)12-19;;/h1-7,14H,8-12H2;2*1H. The zero-order valence-corrected chi connectivity index (χ0v) is 13.9. The summed E-state index contributed by atoms with van der Waals surface area (Å²) in [7, 11) is 0. The minimum atomic E-state index is 0. The highest BCUT2D eigenvalue weighted by Crippen LogP contribution is 2.26. The van der Waals surface area contributed by atoms with Crippen LogP contribution in [-0.4, -0.2) is 47.3 Å². The van der Waals surface area contributed by atoms with Crippen LogP contribution < -0.4 is 4.90 Å². The first-order valence-corrected chi connectivity index (χ1v) is 7.28. The van der Waals surface area contributed by atoms with Crippen LogP contribution in [0.25, 0.3) is 11.3 Å². The van der Waals surface area contributed by atoms with Gasteiger partial charge in [0.25, 0.3) is 0 Å². The molecule has 2 fully saturated rings. The maximum absolute atomic E-state index is 4.45. The van der Waals surface area contributed by atoms with E-state index in [-0.39, 0.29) is 24.8 Å². The van der Waals surface area contributed by atoms with E-state index in [0.717, 1.165) is 30.2 Å². The Morgan fingerprint density at radius 3 is 2.41 bits per heavy atom. The molecule has 0 radical (unpaired) electrons. The van der Waals surface area contributed by atoms with Crippen molar-refractivity contribution in [2.24, 2.45) is 0 Å². The van der Waals surface area contributed by atoms with Gasteiger partial charge in [-0.1, -0.05) is 30.3 Å². The lowest BCUT2D eigenvalue weighted by atomic mass is 10.1. The van der Waals surface area contributed by atoms with Crippen molar-refractivity contribution in [2.75, 3.05) is 31.1 Å². The number of halogens is 2. The Morgan fingerprint density at radius 1 is 0.864 bits per heavy atom. The van der Waals surface area contributed by atoms with E-state index < -0.39 is 0 Å². The van der Waals surface area contributed by atoms with Gasteiger partial charge in [0, 0.05) is 37.8 Å². The summed E-state index contributed by atoms with van der Waals surface area (Å²) in [5.41, 5.74) is 2.07. The SMILES string of the molecule is Cl.Cl.c1ccc(-c2ccc(N3CCN4CCC3C4)nn2)cc1. The normalized spacial score (nSPS) is 22.6. The molecule has 4 nitrogen and oxygen atoms in total. The predicted molar refractivity (Wildman–Crippen MR) is 94.2 cm³/mol. The van der Waals surface area contributed by atoms with Crippen molar-refractivity contribution >= 4 is 30.6 Å². The number of piperazine rings is 1. The Morgan fingerprint density at radius 2 is 1.68 bits per heavy atom. The number of nitrogens with zero attached hydrogens (tertiary/aromatic N) is 4. The van der Waals surface area contributed by atoms with Crippen LogP contribution in [-0.2, 0) is 0 Å². The molecule has 0 saturated carbocycles. The molecule has 0 N–H and O–H groups in total. The smallest absolute Gasteiger partial charge is 0.151 e. The van der Waals surface area contributed by atoms with Crippen molar-refractivity contribution in [2.45, 2.75) is 12.5 Å². The molecule has 118 valence electrons. The molecule has 4 rings (SSSR count). The molecule has 1 aromatic carbocycles. The minimum absolute atomic E-state index is 0. The fraction of sp³-hybridized carbons (Fsp3) is 0.375. The topological polar surface area (TPSA) is 32.3 Å². The molecule has 2 aromatic rings. The van der Waals surface area contributed by atoms with Gasteiger partial charge in [0.2, 0.25) is 0 Å². The van der Waals surface area contributed by atoms with E-state index in [1.54, 1.807) is 0 Å². The third-order valence-electron chi connectivity index (χ3n) is 4.36. The Bertz CT molecular complexity index is 591. The van der Waals surface area contributed by atoms with Gasteiger partial charge in [0.15, 0.2) is 5.82 Å². The van der Waals surface area contributed by atoms with Crippen molar-refractivity contribution in [3.05, 3.63) is 42.5 Å². The summed E-state index contributed by atoms with van der Waals surface area (Å²) in [6.45, 7) is 4.64. The third kappa shape index (κ3) is 3.19. The van der Waals surface area contributed by atoms with Crippen molar-refractivity contribution in [1.29, 1.82) is 0 Å². The highest BCUT2D eigenvalue weighted by atomic mass is 35.5. The second-order valence-electron chi connectivity index (χ2n) is 5.58. The predicted octanol–water partition coefficient (Wildman–Crippen LogP) is 2.88. The average Bonchev–Trinajstić information content (AvgIpc) is 2.90. The molecule has 2 unspecified atom stereocenters. The first-order chi connectivity index (χ1) is 9.90. The molecule has 3 heterocycles. The van der Waals surface area contributed by atoms with E-state index in [1.165, 1.54) is 19.5 Å². The van der Waals surface area contributed by atoms with Gasteiger partial charge in [-0.2, -0.15) is 0 Å². The van der Waals surface area contributed by atoms with Crippen LogP contribution in [0.5, 0.6) is 0 Å². The molecule has 2 aliphatic heterocycles. The van der Waals surface area contributed by atoms with Crippen LogP contribution in [0.2, 0.25) is 0 Å². The molecular weight excluding hydrogens is 319 g/mol. The summed E-state index contributed by atoms with van der Waals surface area (Å²) in [4.78, 5) is 4.96. The molecule has 1 aromatic heterocycles. The van der Waals surface area contributed by atoms with Crippen LogP contribution >= 0.6 is 24.8 Å². The molecular formula is C16H20Cl2N4. The van der Waals surface area contributed by atoms with Crippen molar-refractivity contribution in [1.82, 2.24) is 15.1 Å². The fourth-order valence-corrected chi connectivity index (χ4v) is 3.24. The molecule has 0 spiro atoms. The van der Waals surface area contributed by atoms with Gasteiger partial charge >= 0.3 is 0 Å². The quantitative estimate of drug-likeness (QED) is 0.842. The zero-order chi connectivity index (χ0) is 13.4. The van der Waals surface area contributed by atoms with Gasteiger partial charge in [0.05, 0.1) is 5.69 Å². The Labute approximate surface area is 143 Å². The lowest BCUT2D eigenvalue weighted by molar-refractivity contribution is 0.310. The van der Waals surface area contributed by atoms with Gasteiger partial charge in [0.1, 0.15) is 0 Å². The van der Waals surface area contributed by atoms with Crippen LogP contribution in [0.3, 0.4) is 0 Å². The first-order valence-electron chi connectivity index (χ1n) is 7.28. The molecule has 2 aliphatic rings. The lowest BCUT2D eigenvalue weighted by Gasteiger charge is -2.34. The molecule has 0 aliphatic carbocycles. The maximum Gasteiger partial charge on any atom is 0.151 e. The molecule has 0 amide bonds. The second kappa shape index (κ2) is 7.27. The highest BCUT2D eigenvalue weighted by Gasteiger charge is 2.33. The van der Waals surface area contributed by atoms with Crippen LogP contribution in [0.15, 0.2) is 42.5 Å². The molecule has 2 saturated heterocycles. The largest absolute Gasteiger partial charge is 0.350 e. The number of hydrogen-bond donors (Lipinski definition) is 0. The summed E-state index contributed by atoms with van der Waals surface area (Å²) < 4.78 is 0. The number of anilines is 1. The number of hydrogen-bond acceptors (Lipinski definition) is 4. The van der Waals surface area contributed by atoms with E-state index in [2.05, 4.69) is 44.3 Å². The van der Waals surface area contributed by atoms with E-state index in [4.69, 9.17) is 0 Å². The summed E-state index contributed by atoms with van der Waals surface area (Å²) in [5.74, 6) is 1.02. The van der Waals surface area contributed by atoms with Crippen molar-refractivity contribution < 1.29 is 0 Å². The summed E-state index contributed by atoms with van der Waals surface area (Å²) in [6.07, 6.45) is 1.25. The Kier molecular flexibility index (Phi) is 5.62. The molecule has 6 heteroatoms.